The number of carboxylic acids is 2. The molecule has 3 N–H and O–H groups in total. The first-order chi connectivity index (χ1) is 21.3. The van der Waals surface area contributed by atoms with Crippen molar-refractivity contribution in [3.63, 3.8) is 0 Å². The number of nitrogens with one attached hydrogen (secondary N) is 1. The molecule has 0 spiro atoms. The van der Waals surface area contributed by atoms with Gasteiger partial charge in [0.25, 0.3) is 5.91 Å². The molecule has 248 valence electrons. The van der Waals surface area contributed by atoms with Crippen molar-refractivity contribution < 1.29 is 55.7 Å². The van der Waals surface area contributed by atoms with E-state index in [1.807, 2.05) is 47.7 Å². The Labute approximate surface area is 254 Å². The van der Waals surface area contributed by atoms with Gasteiger partial charge in [-0.3, -0.25) is 19.0 Å². The van der Waals surface area contributed by atoms with E-state index in [1.54, 1.807) is 29.7 Å². The van der Waals surface area contributed by atoms with E-state index in [2.05, 4.69) is 10.4 Å². The Hall–Kier alpha value is -5.43. The highest BCUT2D eigenvalue weighted by Crippen LogP contribution is 2.34. The van der Waals surface area contributed by atoms with Crippen LogP contribution in [0.25, 0.3) is 33.4 Å². The molecule has 0 aliphatic carbocycles. The summed E-state index contributed by atoms with van der Waals surface area (Å²) < 4.78 is 69.0. The molecule has 1 aliphatic heterocycles. The lowest BCUT2D eigenvalue weighted by Crippen LogP contribution is -2.38. The minimum absolute atomic E-state index is 0.00599. The summed E-state index contributed by atoms with van der Waals surface area (Å²) in [6.07, 6.45) is -6.44. The van der Waals surface area contributed by atoms with Crippen LogP contribution in [0.5, 0.6) is 0 Å². The molecule has 0 saturated carbocycles. The summed E-state index contributed by atoms with van der Waals surface area (Å²) >= 11 is 0. The third kappa shape index (κ3) is 7.80. The number of hydrogen-bond donors (Lipinski definition) is 3. The number of benzene rings is 1. The van der Waals surface area contributed by atoms with E-state index >= 15 is 0 Å². The van der Waals surface area contributed by atoms with Gasteiger partial charge in [-0.25, -0.2) is 14.6 Å². The van der Waals surface area contributed by atoms with Crippen molar-refractivity contribution in [2.24, 2.45) is 14.1 Å². The number of alkyl halides is 6. The molecule has 2 amide bonds. The van der Waals surface area contributed by atoms with Crippen molar-refractivity contribution in [2.75, 3.05) is 13.6 Å². The number of aryl methyl sites for hydroxylation is 2. The van der Waals surface area contributed by atoms with Gasteiger partial charge in [-0.15, -0.1) is 0 Å². The van der Waals surface area contributed by atoms with Gasteiger partial charge in [0.15, 0.2) is 5.82 Å². The largest absolute Gasteiger partial charge is 0.490 e. The van der Waals surface area contributed by atoms with Crippen LogP contribution in [-0.4, -0.2) is 93.9 Å². The lowest BCUT2D eigenvalue weighted by atomic mass is 10.0. The lowest BCUT2D eigenvalue weighted by Gasteiger charge is -2.28. The number of carbonyl (C=O) groups is 4. The summed E-state index contributed by atoms with van der Waals surface area (Å²) in [5.41, 5.74) is 5.18. The average molecular weight is 661 g/mol. The zero-order valence-electron chi connectivity index (χ0n) is 24.4. The number of fused-ring (bicyclic) bond motifs is 2. The van der Waals surface area contributed by atoms with E-state index in [4.69, 9.17) is 29.9 Å². The molecular weight excluding hydrogens is 634 g/mol. The number of amides is 2. The van der Waals surface area contributed by atoms with Gasteiger partial charge in [-0.2, -0.15) is 36.5 Å². The van der Waals surface area contributed by atoms with E-state index in [0.717, 1.165) is 33.4 Å². The van der Waals surface area contributed by atoms with Crippen LogP contribution in [0.2, 0.25) is 0 Å². The lowest BCUT2D eigenvalue weighted by molar-refractivity contribution is -0.193. The van der Waals surface area contributed by atoms with E-state index in [-0.39, 0.29) is 11.8 Å². The highest BCUT2D eigenvalue weighted by atomic mass is 19.4. The molecule has 0 unspecified atom stereocenters. The molecule has 4 heterocycles. The molecule has 0 atom stereocenters. The number of carboxylic acid groups (broad SMARTS) is 2. The van der Waals surface area contributed by atoms with Gasteiger partial charge < -0.3 is 25.0 Å². The van der Waals surface area contributed by atoms with Gasteiger partial charge in [0.2, 0.25) is 5.91 Å². The second-order valence-corrected chi connectivity index (χ2v) is 9.61. The van der Waals surface area contributed by atoms with E-state index in [1.165, 1.54) is 0 Å². The monoisotopic (exact) mass is 660 g/mol. The zero-order chi connectivity index (χ0) is 34.7. The van der Waals surface area contributed by atoms with E-state index < -0.39 is 24.3 Å². The van der Waals surface area contributed by atoms with E-state index in [9.17, 15) is 35.9 Å². The summed E-state index contributed by atoms with van der Waals surface area (Å²) in [5, 5.41) is 26.9. The third-order valence-corrected chi connectivity index (χ3v) is 6.47. The molecule has 46 heavy (non-hydrogen) atoms. The molecule has 14 nitrogen and oxygen atoms in total. The summed E-state index contributed by atoms with van der Waals surface area (Å²) in [4.78, 5) is 48.8. The Bertz CT molecular complexity index is 1770. The fourth-order valence-corrected chi connectivity index (χ4v) is 4.32. The van der Waals surface area contributed by atoms with E-state index in [0.29, 0.717) is 31.2 Å². The van der Waals surface area contributed by atoms with Crippen molar-refractivity contribution >= 4 is 34.7 Å². The molecule has 1 aliphatic rings. The maximum atomic E-state index is 12.5. The molecule has 3 aromatic heterocycles. The smallest absolute Gasteiger partial charge is 0.475 e. The van der Waals surface area contributed by atoms with Crippen LogP contribution >= 0.6 is 0 Å². The topological polar surface area (TPSA) is 177 Å². The number of aromatic nitrogens is 6. The van der Waals surface area contributed by atoms with Gasteiger partial charge in [0.05, 0.1) is 29.6 Å². The zero-order valence-corrected chi connectivity index (χ0v) is 24.4. The van der Waals surface area contributed by atoms with Gasteiger partial charge in [-0.05, 0) is 12.1 Å². The van der Waals surface area contributed by atoms with Crippen LogP contribution in [0.4, 0.5) is 26.3 Å². The number of hydrogen-bond acceptors (Lipinski definition) is 7. The average Bonchev–Trinajstić information content (AvgIpc) is 3.66. The molecule has 0 radical (unpaired) electrons. The van der Waals surface area contributed by atoms with Crippen molar-refractivity contribution in [1.29, 1.82) is 0 Å². The first-order valence-corrected chi connectivity index (χ1v) is 12.9. The molecule has 4 aromatic rings. The van der Waals surface area contributed by atoms with Crippen LogP contribution in [0.1, 0.15) is 23.2 Å². The SMILES string of the molecule is CNC(=O)c1nc(-c2ccc3c(c2)c(-c2cnn(C)c2)nn3C)c2n1CCN(C(C)=O)C2.O=C(O)C(F)(F)F.O=C(O)C(F)(F)F. The van der Waals surface area contributed by atoms with Crippen molar-refractivity contribution in [3.05, 3.63) is 42.1 Å². The Morgan fingerprint density at radius 2 is 1.50 bits per heavy atom. The predicted molar refractivity (Wildman–Crippen MR) is 146 cm³/mol. The minimum Gasteiger partial charge on any atom is -0.475 e. The third-order valence-electron chi connectivity index (χ3n) is 6.47. The second kappa shape index (κ2) is 13.3. The minimum atomic E-state index is -5.08. The molecule has 20 heteroatoms. The Morgan fingerprint density at radius 1 is 0.913 bits per heavy atom. The fraction of sp³-hybridized carbons (Fsp3) is 0.346. The maximum Gasteiger partial charge on any atom is 0.490 e. The quantitative estimate of drug-likeness (QED) is 0.279. The van der Waals surface area contributed by atoms with Gasteiger partial charge >= 0.3 is 24.3 Å². The number of nitrogens with zero attached hydrogens (tertiary/aromatic N) is 7. The number of rotatable bonds is 3. The van der Waals surface area contributed by atoms with Gasteiger partial charge in [0, 0.05) is 63.9 Å². The number of imidazole rings is 1. The molecule has 5 rings (SSSR count). The van der Waals surface area contributed by atoms with Crippen LogP contribution in [0, 0.1) is 0 Å². The van der Waals surface area contributed by atoms with Crippen LogP contribution < -0.4 is 5.32 Å². The Kier molecular flexibility index (Phi) is 10.1. The fourth-order valence-electron chi connectivity index (χ4n) is 4.32. The summed E-state index contributed by atoms with van der Waals surface area (Å²) in [5.74, 6) is -5.39. The molecule has 1 aromatic carbocycles. The summed E-state index contributed by atoms with van der Waals surface area (Å²) in [7, 11) is 5.38. The van der Waals surface area contributed by atoms with Crippen LogP contribution in [-0.2, 0) is 41.6 Å². The van der Waals surface area contributed by atoms with Crippen molar-refractivity contribution in [1.82, 2.24) is 39.3 Å². The highest BCUT2D eigenvalue weighted by molar-refractivity contribution is 5.96. The molecule has 0 saturated heterocycles. The predicted octanol–water partition coefficient (Wildman–Crippen LogP) is 2.83. The Balaban J connectivity index is 0.000000345. The van der Waals surface area contributed by atoms with Crippen LogP contribution in [0.15, 0.2) is 30.6 Å². The standard InChI is InChI=1S/C22H24N8O2.2C2HF3O2/c1-13(31)29-7-8-30-18(12-29)20(25-21(30)22(32)23-2)14-5-6-17-16(9-14)19(26-28(17)4)15-10-24-27(3)11-15;2*3-2(4,5)1(6)7/h5-6,9-11H,7-8,12H2,1-4H3,(H,23,32);2*(H,6,7). The Morgan fingerprint density at radius 3 is 1.98 bits per heavy atom. The van der Waals surface area contributed by atoms with Gasteiger partial charge in [0.1, 0.15) is 5.69 Å². The highest BCUT2D eigenvalue weighted by Gasteiger charge is 2.39. The summed E-state index contributed by atoms with van der Waals surface area (Å²) in [6, 6.07) is 6.04. The number of halogens is 6. The second-order valence-electron chi connectivity index (χ2n) is 9.61. The van der Waals surface area contributed by atoms with Crippen molar-refractivity contribution in [2.45, 2.75) is 32.4 Å². The normalized spacial score (nSPS) is 12.8. The van der Waals surface area contributed by atoms with Crippen LogP contribution in [0.3, 0.4) is 0 Å². The molecular formula is C26H26F6N8O6. The maximum absolute atomic E-state index is 12.5. The molecule has 0 fully saturated rings. The molecule has 0 bridgehead atoms. The van der Waals surface area contributed by atoms with Gasteiger partial charge in [-0.1, -0.05) is 6.07 Å². The van der Waals surface area contributed by atoms with Crippen molar-refractivity contribution in [3.8, 4) is 22.5 Å². The number of carbonyl (C=O) groups excluding carboxylic acids is 2. The first-order valence-electron chi connectivity index (χ1n) is 12.9. The summed E-state index contributed by atoms with van der Waals surface area (Å²) in [6.45, 7) is 3.05. The first kappa shape index (κ1) is 35.1. The number of aliphatic carboxylic acids is 2.